The number of rotatable bonds is 6. The van der Waals surface area contributed by atoms with Gasteiger partial charge in [0.25, 0.3) is 5.91 Å². The van der Waals surface area contributed by atoms with E-state index < -0.39 is 35.3 Å². The van der Waals surface area contributed by atoms with Crippen molar-refractivity contribution in [2.45, 2.75) is 18.3 Å². The molecule has 8 nitrogen and oxygen atoms in total. The number of pyridine rings is 1. The number of carboxylic acid groups (broad SMARTS) is 1. The maximum absolute atomic E-state index is 14.7. The van der Waals surface area contributed by atoms with E-state index in [1.54, 1.807) is 12.1 Å². The fourth-order valence-electron chi connectivity index (χ4n) is 4.08. The number of hydrogen-bond donors (Lipinski definition) is 2. The Morgan fingerprint density at radius 2 is 1.92 bits per heavy atom. The van der Waals surface area contributed by atoms with Crippen molar-refractivity contribution in [3.63, 3.8) is 0 Å². The third-order valence-electron chi connectivity index (χ3n) is 5.59. The van der Waals surface area contributed by atoms with Crippen LogP contribution in [0.5, 0.6) is 17.2 Å². The van der Waals surface area contributed by atoms with Gasteiger partial charge in [-0.25, -0.2) is 9.18 Å². The van der Waals surface area contributed by atoms with Crippen molar-refractivity contribution < 1.29 is 46.5 Å². The number of nitrogens with one attached hydrogen (secondary N) is 1. The fourth-order valence-corrected chi connectivity index (χ4v) is 4.08. The number of amides is 1. The molecular formula is C24H18F4N2O6. The first-order valence-corrected chi connectivity index (χ1v) is 10.4. The van der Waals surface area contributed by atoms with Crippen LogP contribution in [0.2, 0.25) is 0 Å². The lowest BCUT2D eigenvalue weighted by atomic mass is 9.81. The van der Waals surface area contributed by atoms with Crippen LogP contribution >= 0.6 is 0 Å². The molecule has 0 fully saturated rings. The summed E-state index contributed by atoms with van der Waals surface area (Å²) in [7, 11) is 1.26. The van der Waals surface area contributed by atoms with Crippen LogP contribution < -0.4 is 19.5 Å². The highest BCUT2D eigenvalue weighted by Crippen LogP contribution is 2.42. The van der Waals surface area contributed by atoms with E-state index in [0.29, 0.717) is 0 Å². The van der Waals surface area contributed by atoms with E-state index in [4.69, 9.17) is 9.47 Å². The van der Waals surface area contributed by atoms with Gasteiger partial charge in [0.2, 0.25) is 0 Å². The monoisotopic (exact) mass is 506 g/mol. The Labute approximate surface area is 201 Å². The molecule has 4 rings (SSSR count). The summed E-state index contributed by atoms with van der Waals surface area (Å²) in [5.41, 5.74) is -2.05. The van der Waals surface area contributed by atoms with Gasteiger partial charge in [0, 0.05) is 12.6 Å². The lowest BCUT2D eigenvalue weighted by Crippen LogP contribution is -2.50. The van der Waals surface area contributed by atoms with E-state index in [9.17, 15) is 32.3 Å². The topological polar surface area (TPSA) is 107 Å². The van der Waals surface area contributed by atoms with Crippen LogP contribution in [0.15, 0.2) is 54.7 Å². The van der Waals surface area contributed by atoms with Crippen LogP contribution in [0, 0.1) is 5.82 Å². The SMILES string of the molecule is COc1cccc(C(=O)O)c1C(=O)NC1(c2ccc(OC(F)(F)F)c(F)c2)CCOc2cccnc21. The first-order valence-electron chi connectivity index (χ1n) is 10.4. The predicted molar refractivity (Wildman–Crippen MR) is 116 cm³/mol. The number of hydrogen-bond acceptors (Lipinski definition) is 6. The molecule has 0 radical (unpaired) electrons. The Hall–Kier alpha value is -4.35. The largest absolute Gasteiger partial charge is 0.573 e. The maximum Gasteiger partial charge on any atom is 0.573 e. The summed E-state index contributed by atoms with van der Waals surface area (Å²) in [6, 6.07) is 9.88. The second-order valence-corrected chi connectivity index (χ2v) is 7.69. The Bertz CT molecular complexity index is 1330. The summed E-state index contributed by atoms with van der Waals surface area (Å²) < 4.78 is 67.2. The van der Waals surface area contributed by atoms with Gasteiger partial charge in [-0.05, 0) is 42.0 Å². The molecule has 1 amide bonds. The molecule has 0 spiro atoms. The second kappa shape index (κ2) is 9.36. The highest BCUT2D eigenvalue weighted by atomic mass is 19.4. The van der Waals surface area contributed by atoms with Gasteiger partial charge in [-0.1, -0.05) is 12.1 Å². The van der Waals surface area contributed by atoms with Gasteiger partial charge in [-0.2, -0.15) is 0 Å². The molecule has 2 aromatic carbocycles. The summed E-state index contributed by atoms with van der Waals surface area (Å²) in [5, 5.41) is 12.3. The number of carbonyl (C=O) groups excluding carboxylic acids is 1. The lowest BCUT2D eigenvalue weighted by Gasteiger charge is -2.39. The zero-order chi connectivity index (χ0) is 26.1. The van der Waals surface area contributed by atoms with E-state index in [0.717, 1.165) is 18.2 Å². The number of nitrogens with zero attached hydrogens (tertiary/aromatic N) is 1. The summed E-state index contributed by atoms with van der Waals surface area (Å²) >= 11 is 0. The highest BCUT2D eigenvalue weighted by Gasteiger charge is 2.44. The Morgan fingerprint density at radius 3 is 2.58 bits per heavy atom. The van der Waals surface area contributed by atoms with Crippen molar-refractivity contribution in [1.29, 1.82) is 0 Å². The third-order valence-corrected chi connectivity index (χ3v) is 5.59. The molecule has 1 unspecified atom stereocenters. The van der Waals surface area contributed by atoms with E-state index in [-0.39, 0.29) is 46.9 Å². The maximum atomic E-state index is 14.7. The van der Waals surface area contributed by atoms with Crippen molar-refractivity contribution in [1.82, 2.24) is 10.3 Å². The number of benzene rings is 2. The van der Waals surface area contributed by atoms with Crippen LogP contribution in [0.1, 0.15) is 38.4 Å². The molecule has 1 atom stereocenters. The van der Waals surface area contributed by atoms with Crippen LogP contribution in [0.25, 0.3) is 0 Å². The molecule has 2 N–H and O–H groups in total. The number of ether oxygens (including phenoxy) is 3. The molecule has 2 heterocycles. The molecule has 1 aromatic heterocycles. The number of methoxy groups -OCH3 is 1. The molecule has 188 valence electrons. The molecule has 1 aliphatic heterocycles. The number of aromatic nitrogens is 1. The van der Waals surface area contributed by atoms with Gasteiger partial charge in [0.15, 0.2) is 11.6 Å². The Balaban J connectivity index is 1.87. The molecule has 0 aliphatic carbocycles. The minimum absolute atomic E-state index is 0.000772. The van der Waals surface area contributed by atoms with E-state index >= 15 is 0 Å². The number of aromatic carboxylic acids is 1. The third kappa shape index (κ3) is 4.61. The number of halogens is 4. The molecule has 0 saturated carbocycles. The summed E-state index contributed by atoms with van der Waals surface area (Å²) in [5.74, 6) is -4.45. The normalized spacial score (nSPS) is 16.9. The van der Waals surface area contributed by atoms with Crippen molar-refractivity contribution in [2.75, 3.05) is 13.7 Å². The van der Waals surface area contributed by atoms with E-state index in [1.165, 1.54) is 31.5 Å². The standard InChI is InChI=1S/C24H18F4N2O6/c1-34-17-5-2-4-14(22(32)33)19(17)21(31)30-23(9-11-35-18-6-3-10-29-20(18)23)13-7-8-16(15(25)12-13)36-24(26,27)28/h2-8,10,12H,9,11H2,1H3,(H,30,31)(H,32,33). The zero-order valence-electron chi connectivity index (χ0n) is 18.6. The Kier molecular flexibility index (Phi) is 6.44. The van der Waals surface area contributed by atoms with Gasteiger partial charge in [-0.15, -0.1) is 13.2 Å². The minimum Gasteiger partial charge on any atom is -0.496 e. The zero-order valence-corrected chi connectivity index (χ0v) is 18.6. The predicted octanol–water partition coefficient (Wildman–Crippen LogP) is 4.28. The van der Waals surface area contributed by atoms with Crippen LogP contribution in [-0.2, 0) is 5.54 Å². The molecular weight excluding hydrogens is 488 g/mol. The number of carbonyl (C=O) groups is 2. The summed E-state index contributed by atoms with van der Waals surface area (Å²) in [4.78, 5) is 29.6. The quantitative estimate of drug-likeness (QED) is 0.481. The van der Waals surface area contributed by atoms with Gasteiger partial charge in [0.1, 0.15) is 22.7 Å². The van der Waals surface area contributed by atoms with Gasteiger partial charge >= 0.3 is 12.3 Å². The first-order chi connectivity index (χ1) is 17.1. The molecule has 36 heavy (non-hydrogen) atoms. The number of carboxylic acids is 1. The van der Waals surface area contributed by atoms with Crippen molar-refractivity contribution in [3.05, 3.63) is 82.9 Å². The van der Waals surface area contributed by atoms with Crippen molar-refractivity contribution >= 4 is 11.9 Å². The smallest absolute Gasteiger partial charge is 0.496 e. The van der Waals surface area contributed by atoms with Gasteiger partial charge in [0.05, 0.1) is 24.8 Å². The van der Waals surface area contributed by atoms with Gasteiger partial charge in [-0.3, -0.25) is 9.78 Å². The molecule has 3 aromatic rings. The van der Waals surface area contributed by atoms with Crippen LogP contribution in [0.3, 0.4) is 0 Å². The number of fused-ring (bicyclic) bond motifs is 1. The second-order valence-electron chi connectivity index (χ2n) is 7.69. The Morgan fingerprint density at radius 1 is 1.14 bits per heavy atom. The van der Waals surface area contributed by atoms with Crippen LogP contribution in [-0.4, -0.2) is 42.0 Å². The average Bonchev–Trinajstić information content (AvgIpc) is 2.84. The van der Waals surface area contributed by atoms with Crippen molar-refractivity contribution in [2.24, 2.45) is 0 Å². The van der Waals surface area contributed by atoms with E-state index in [2.05, 4.69) is 15.0 Å². The lowest BCUT2D eigenvalue weighted by molar-refractivity contribution is -0.275. The average molecular weight is 506 g/mol. The van der Waals surface area contributed by atoms with Gasteiger partial charge < -0.3 is 24.6 Å². The molecule has 0 saturated heterocycles. The van der Waals surface area contributed by atoms with E-state index in [1.807, 2.05) is 0 Å². The fraction of sp³-hybridized carbons (Fsp3) is 0.208. The van der Waals surface area contributed by atoms with Crippen molar-refractivity contribution in [3.8, 4) is 17.2 Å². The summed E-state index contributed by atoms with van der Waals surface area (Å²) in [6.45, 7) is 0.0269. The molecule has 1 aliphatic rings. The summed E-state index contributed by atoms with van der Waals surface area (Å²) in [6.07, 6.45) is -3.71. The minimum atomic E-state index is -5.11. The first kappa shape index (κ1) is 24.8. The number of alkyl halides is 3. The molecule has 12 heteroatoms. The van der Waals surface area contributed by atoms with Crippen LogP contribution in [0.4, 0.5) is 17.6 Å². The molecule has 0 bridgehead atoms. The highest BCUT2D eigenvalue weighted by molar-refractivity contribution is 6.07.